The molecule has 0 spiro atoms. The topological polar surface area (TPSA) is 84.1 Å². The lowest BCUT2D eigenvalue weighted by molar-refractivity contribution is 0.0928. The molecule has 22 heavy (non-hydrogen) atoms. The molecule has 1 unspecified atom stereocenters. The van der Waals surface area contributed by atoms with Gasteiger partial charge in [-0.2, -0.15) is 5.10 Å². The first kappa shape index (κ1) is 14.2. The minimum absolute atomic E-state index is 0.119. The number of hydrogen-bond acceptors (Lipinski definition) is 4. The van der Waals surface area contributed by atoms with Crippen LogP contribution < -0.4 is 15.6 Å². The largest absolute Gasteiger partial charge is 0.493 e. The number of aromatic amines is 1. The lowest BCUT2D eigenvalue weighted by Gasteiger charge is -2.18. The second kappa shape index (κ2) is 5.97. The molecule has 1 aliphatic rings. The number of hydrogen-bond donors (Lipinski definition) is 2. The molecule has 1 aromatic heterocycles. The quantitative estimate of drug-likeness (QED) is 0.881. The predicted molar refractivity (Wildman–Crippen MR) is 76.2 cm³/mol. The number of H-pyrrole nitrogens is 1. The van der Waals surface area contributed by atoms with Crippen LogP contribution in [0.4, 0.5) is 4.39 Å². The molecule has 3 rings (SSSR count). The Hall–Kier alpha value is -2.70. The molecular formula is C15H14FN3O3. The number of halogens is 1. The van der Waals surface area contributed by atoms with Crippen LogP contribution in [0.25, 0.3) is 0 Å². The van der Waals surface area contributed by atoms with Gasteiger partial charge < -0.3 is 10.1 Å². The van der Waals surface area contributed by atoms with Crippen LogP contribution in [0.3, 0.4) is 0 Å². The normalized spacial score (nSPS) is 17.0. The second-order valence-electron chi connectivity index (χ2n) is 5.01. The molecule has 0 radical (unpaired) electrons. The van der Waals surface area contributed by atoms with Gasteiger partial charge in [0.1, 0.15) is 17.3 Å². The number of aromatic nitrogens is 2. The number of fused-ring (bicyclic) bond motifs is 1. The zero-order valence-electron chi connectivity index (χ0n) is 11.6. The highest BCUT2D eigenvalue weighted by Gasteiger charge is 2.23. The maximum Gasteiger partial charge on any atom is 0.272 e. The first-order valence-electron chi connectivity index (χ1n) is 6.92. The Morgan fingerprint density at radius 2 is 2.23 bits per heavy atom. The average molecular weight is 303 g/mol. The van der Waals surface area contributed by atoms with Crippen molar-refractivity contribution in [1.29, 1.82) is 0 Å². The van der Waals surface area contributed by atoms with Gasteiger partial charge in [-0.3, -0.25) is 9.59 Å². The van der Waals surface area contributed by atoms with Crippen molar-refractivity contribution in [3.8, 4) is 5.75 Å². The van der Waals surface area contributed by atoms with E-state index in [1.165, 1.54) is 24.3 Å². The van der Waals surface area contributed by atoms with Gasteiger partial charge in [-0.25, -0.2) is 9.49 Å². The number of nitrogens with zero attached hydrogens (tertiary/aromatic N) is 1. The minimum Gasteiger partial charge on any atom is -0.493 e. The van der Waals surface area contributed by atoms with Gasteiger partial charge in [0.15, 0.2) is 0 Å². The second-order valence-corrected chi connectivity index (χ2v) is 5.01. The van der Waals surface area contributed by atoms with Crippen molar-refractivity contribution in [2.75, 3.05) is 6.61 Å². The maximum atomic E-state index is 13.3. The lowest BCUT2D eigenvalue weighted by Crippen LogP contribution is -2.30. The van der Waals surface area contributed by atoms with E-state index in [9.17, 15) is 14.0 Å². The Balaban J connectivity index is 1.84. The van der Waals surface area contributed by atoms with E-state index >= 15 is 0 Å². The number of rotatable bonds is 2. The molecule has 1 amide bonds. The summed E-state index contributed by atoms with van der Waals surface area (Å²) in [7, 11) is 0. The summed E-state index contributed by atoms with van der Waals surface area (Å²) in [6.07, 6.45) is 1.41. The summed E-state index contributed by atoms with van der Waals surface area (Å²) in [5.41, 5.74) is 0.477. The molecule has 1 aliphatic heterocycles. The van der Waals surface area contributed by atoms with Gasteiger partial charge in [0.25, 0.3) is 11.5 Å². The summed E-state index contributed by atoms with van der Waals surface area (Å²) in [5.74, 6) is -0.344. The van der Waals surface area contributed by atoms with Gasteiger partial charge in [0.05, 0.1) is 12.6 Å². The number of carbonyl (C=O) groups is 1. The Morgan fingerprint density at radius 3 is 3.00 bits per heavy atom. The van der Waals surface area contributed by atoms with Gasteiger partial charge in [-0.1, -0.05) is 6.07 Å². The van der Waals surface area contributed by atoms with E-state index in [-0.39, 0.29) is 23.1 Å². The molecule has 0 aliphatic carbocycles. The molecule has 7 heteroatoms. The zero-order valence-corrected chi connectivity index (χ0v) is 11.6. The van der Waals surface area contributed by atoms with Crippen molar-refractivity contribution in [3.63, 3.8) is 0 Å². The molecule has 0 saturated carbocycles. The molecule has 0 fully saturated rings. The Morgan fingerprint density at radius 1 is 1.36 bits per heavy atom. The van der Waals surface area contributed by atoms with Gasteiger partial charge in [0, 0.05) is 17.7 Å². The van der Waals surface area contributed by atoms with Crippen molar-refractivity contribution in [1.82, 2.24) is 15.5 Å². The zero-order chi connectivity index (χ0) is 15.5. The van der Waals surface area contributed by atoms with Gasteiger partial charge in [-0.05, 0) is 25.0 Å². The fourth-order valence-electron chi connectivity index (χ4n) is 2.40. The molecule has 1 aromatic carbocycles. The standard InChI is InChI=1S/C15H14FN3O3/c16-9-3-4-10-11(2-1-7-22-13(10)8-9)17-15(21)12-5-6-14(20)19-18-12/h3-6,8,11H,1-2,7H2,(H,17,21)(H,19,20). The van der Waals surface area contributed by atoms with Crippen LogP contribution in [-0.2, 0) is 0 Å². The van der Waals surface area contributed by atoms with E-state index in [4.69, 9.17) is 4.74 Å². The third-order valence-corrected chi connectivity index (χ3v) is 3.46. The van der Waals surface area contributed by atoms with Gasteiger partial charge in [0.2, 0.25) is 0 Å². The number of amides is 1. The van der Waals surface area contributed by atoms with Crippen molar-refractivity contribution in [2.24, 2.45) is 0 Å². The summed E-state index contributed by atoms with van der Waals surface area (Å²) in [6, 6.07) is 6.57. The summed E-state index contributed by atoms with van der Waals surface area (Å²) < 4.78 is 18.8. The summed E-state index contributed by atoms with van der Waals surface area (Å²) in [4.78, 5) is 23.2. The Kier molecular flexibility index (Phi) is 3.86. The molecular weight excluding hydrogens is 289 g/mol. The monoisotopic (exact) mass is 303 g/mol. The van der Waals surface area contributed by atoms with Crippen LogP contribution in [0.5, 0.6) is 5.75 Å². The first-order chi connectivity index (χ1) is 10.6. The highest BCUT2D eigenvalue weighted by atomic mass is 19.1. The minimum atomic E-state index is -0.404. The van der Waals surface area contributed by atoms with Crippen LogP contribution in [0.1, 0.15) is 34.9 Å². The fourth-order valence-corrected chi connectivity index (χ4v) is 2.40. The van der Waals surface area contributed by atoms with E-state index in [1.807, 2.05) is 0 Å². The van der Waals surface area contributed by atoms with Gasteiger partial charge >= 0.3 is 0 Å². The maximum absolute atomic E-state index is 13.3. The van der Waals surface area contributed by atoms with Crippen LogP contribution >= 0.6 is 0 Å². The third-order valence-electron chi connectivity index (χ3n) is 3.46. The van der Waals surface area contributed by atoms with Crippen LogP contribution in [0.2, 0.25) is 0 Å². The van der Waals surface area contributed by atoms with Crippen molar-refractivity contribution in [2.45, 2.75) is 18.9 Å². The van der Waals surface area contributed by atoms with Crippen LogP contribution in [-0.4, -0.2) is 22.7 Å². The number of nitrogens with one attached hydrogen (secondary N) is 2. The summed E-state index contributed by atoms with van der Waals surface area (Å²) >= 11 is 0. The van der Waals surface area contributed by atoms with E-state index in [1.54, 1.807) is 6.07 Å². The molecule has 2 heterocycles. The molecule has 2 N–H and O–H groups in total. The molecule has 0 bridgehead atoms. The number of ether oxygens (including phenoxy) is 1. The molecule has 6 nitrogen and oxygen atoms in total. The Labute approximate surface area is 125 Å². The molecule has 2 aromatic rings. The Bertz CT molecular complexity index is 739. The third kappa shape index (κ3) is 2.98. The van der Waals surface area contributed by atoms with Crippen LogP contribution in [0, 0.1) is 5.82 Å². The van der Waals surface area contributed by atoms with Crippen LogP contribution in [0.15, 0.2) is 35.1 Å². The van der Waals surface area contributed by atoms with Crippen molar-refractivity contribution >= 4 is 5.91 Å². The van der Waals surface area contributed by atoms with E-state index in [0.29, 0.717) is 18.8 Å². The van der Waals surface area contributed by atoms with Crippen molar-refractivity contribution < 1.29 is 13.9 Å². The first-order valence-corrected chi connectivity index (χ1v) is 6.92. The summed E-state index contributed by atoms with van der Waals surface area (Å²) in [5, 5.41) is 8.76. The van der Waals surface area contributed by atoms with Gasteiger partial charge in [-0.15, -0.1) is 0 Å². The number of carbonyl (C=O) groups excluding carboxylic acids is 1. The highest BCUT2D eigenvalue weighted by molar-refractivity contribution is 5.92. The molecule has 1 atom stereocenters. The summed E-state index contributed by atoms with van der Waals surface area (Å²) in [6.45, 7) is 0.472. The SMILES string of the molecule is O=C(NC1CCCOc2cc(F)ccc21)c1ccc(=O)[nH]n1. The predicted octanol–water partition coefficient (Wildman–Crippen LogP) is 1.55. The molecule has 0 saturated heterocycles. The van der Waals surface area contributed by atoms with E-state index < -0.39 is 5.91 Å². The van der Waals surface area contributed by atoms with E-state index in [2.05, 4.69) is 15.5 Å². The van der Waals surface area contributed by atoms with E-state index in [0.717, 1.165) is 12.0 Å². The highest BCUT2D eigenvalue weighted by Crippen LogP contribution is 2.32. The fraction of sp³-hybridized carbons (Fsp3) is 0.267. The lowest BCUT2D eigenvalue weighted by atomic mass is 10.0. The molecule has 114 valence electrons. The average Bonchev–Trinajstić information content (AvgIpc) is 2.70. The smallest absolute Gasteiger partial charge is 0.272 e. The van der Waals surface area contributed by atoms with Crippen molar-refractivity contribution in [3.05, 3.63) is 57.8 Å². The number of benzene rings is 1.